The number of carbonyl (C=O) groups is 2. The van der Waals surface area contributed by atoms with E-state index in [9.17, 15) is 9.59 Å². The van der Waals surface area contributed by atoms with E-state index in [0.29, 0.717) is 10.7 Å². The summed E-state index contributed by atoms with van der Waals surface area (Å²) in [5, 5.41) is 15.0. The highest BCUT2D eigenvalue weighted by Crippen LogP contribution is 2.24. The van der Waals surface area contributed by atoms with Crippen LogP contribution in [-0.4, -0.2) is 29.6 Å². The van der Waals surface area contributed by atoms with Gasteiger partial charge in [0.2, 0.25) is 5.91 Å². The number of anilines is 1. The Labute approximate surface area is 116 Å². The largest absolute Gasteiger partial charge is 0.478 e. The van der Waals surface area contributed by atoms with Crippen molar-refractivity contribution in [1.82, 2.24) is 5.32 Å². The molecule has 1 aromatic carbocycles. The zero-order valence-electron chi connectivity index (χ0n) is 10.4. The summed E-state index contributed by atoms with van der Waals surface area (Å²) in [7, 11) is 0. The lowest BCUT2D eigenvalue weighted by Crippen LogP contribution is -2.39. The van der Waals surface area contributed by atoms with Crippen molar-refractivity contribution in [2.45, 2.75) is 19.4 Å². The van der Waals surface area contributed by atoms with Crippen LogP contribution in [0.15, 0.2) is 18.2 Å². The van der Waals surface area contributed by atoms with Crippen molar-refractivity contribution in [3.05, 3.63) is 28.8 Å². The lowest BCUT2D eigenvalue weighted by molar-refractivity contribution is -0.118. The number of aromatic carboxylic acids is 1. The van der Waals surface area contributed by atoms with Crippen molar-refractivity contribution in [1.29, 1.82) is 0 Å². The van der Waals surface area contributed by atoms with E-state index in [4.69, 9.17) is 16.7 Å². The maximum Gasteiger partial charge on any atom is 0.335 e. The van der Waals surface area contributed by atoms with Crippen LogP contribution in [0.3, 0.4) is 0 Å². The van der Waals surface area contributed by atoms with Gasteiger partial charge in [-0.25, -0.2) is 4.79 Å². The highest BCUT2D eigenvalue weighted by molar-refractivity contribution is 6.33. The van der Waals surface area contributed by atoms with Crippen molar-refractivity contribution in [3.63, 3.8) is 0 Å². The Hall–Kier alpha value is -1.59. The number of benzene rings is 1. The second kappa shape index (κ2) is 5.59. The average molecular weight is 283 g/mol. The van der Waals surface area contributed by atoms with Crippen LogP contribution in [0.25, 0.3) is 0 Å². The zero-order valence-corrected chi connectivity index (χ0v) is 11.2. The highest BCUT2D eigenvalue weighted by Gasteiger charge is 2.29. The molecule has 0 spiro atoms. The molecule has 0 saturated carbocycles. The molecule has 5 nitrogen and oxygen atoms in total. The molecule has 19 heavy (non-hydrogen) atoms. The lowest BCUT2D eigenvalue weighted by Gasteiger charge is -2.16. The molecule has 3 N–H and O–H groups in total. The second-order valence-corrected chi connectivity index (χ2v) is 5.09. The first-order valence-corrected chi connectivity index (χ1v) is 6.44. The van der Waals surface area contributed by atoms with Gasteiger partial charge in [0.25, 0.3) is 0 Å². The molecule has 6 heteroatoms. The first kappa shape index (κ1) is 13.8. The molecule has 2 unspecified atom stereocenters. The molecule has 0 radical (unpaired) electrons. The Balaban J connectivity index is 2.16. The zero-order chi connectivity index (χ0) is 14.0. The fraction of sp³-hybridized carbons (Fsp3) is 0.385. The average Bonchev–Trinajstić information content (AvgIpc) is 2.78. The fourth-order valence-corrected chi connectivity index (χ4v) is 2.31. The van der Waals surface area contributed by atoms with Crippen LogP contribution in [0.1, 0.15) is 23.7 Å². The van der Waals surface area contributed by atoms with Gasteiger partial charge in [0, 0.05) is 0 Å². The first-order valence-electron chi connectivity index (χ1n) is 6.06. The standard InChI is InChI=1S/C13H15ClN2O3/c1-7-4-5-15-11(7)12(17)16-10-6-8(13(18)19)2-3-9(10)14/h2-3,6-7,11,15H,4-5H2,1H3,(H,16,17)(H,18,19). The SMILES string of the molecule is CC1CCNC1C(=O)Nc1cc(C(=O)O)ccc1Cl. The van der Waals surface area contributed by atoms with Gasteiger partial charge in [0.05, 0.1) is 22.3 Å². The number of hydrogen-bond donors (Lipinski definition) is 3. The van der Waals surface area contributed by atoms with E-state index in [-0.39, 0.29) is 23.4 Å². The number of nitrogens with one attached hydrogen (secondary N) is 2. The van der Waals surface area contributed by atoms with Crippen LogP contribution in [0, 0.1) is 5.92 Å². The van der Waals surface area contributed by atoms with Crippen LogP contribution in [-0.2, 0) is 4.79 Å². The number of carbonyl (C=O) groups excluding carboxylic acids is 1. The Bertz CT molecular complexity index is 519. The van der Waals surface area contributed by atoms with Crippen molar-refractivity contribution in [2.75, 3.05) is 11.9 Å². The molecule has 2 atom stereocenters. The number of carboxylic acids is 1. The summed E-state index contributed by atoms with van der Waals surface area (Å²) in [5.74, 6) is -0.990. The van der Waals surface area contributed by atoms with Gasteiger partial charge >= 0.3 is 5.97 Å². The lowest BCUT2D eigenvalue weighted by atomic mass is 10.0. The maximum atomic E-state index is 12.1. The molecular formula is C13H15ClN2O3. The molecular weight excluding hydrogens is 268 g/mol. The molecule has 1 aliphatic rings. The van der Waals surface area contributed by atoms with Gasteiger partial charge < -0.3 is 15.7 Å². The van der Waals surface area contributed by atoms with Gasteiger partial charge in [-0.1, -0.05) is 18.5 Å². The van der Waals surface area contributed by atoms with E-state index < -0.39 is 5.97 Å². The molecule has 1 aromatic rings. The van der Waals surface area contributed by atoms with Crippen LogP contribution >= 0.6 is 11.6 Å². The van der Waals surface area contributed by atoms with Crippen molar-refractivity contribution < 1.29 is 14.7 Å². The summed E-state index contributed by atoms with van der Waals surface area (Å²) >= 11 is 5.96. The van der Waals surface area contributed by atoms with E-state index in [1.165, 1.54) is 18.2 Å². The summed E-state index contributed by atoms with van der Waals surface area (Å²) < 4.78 is 0. The van der Waals surface area contributed by atoms with Gasteiger partial charge in [-0.15, -0.1) is 0 Å². The Kier molecular flexibility index (Phi) is 4.07. The molecule has 1 fully saturated rings. The van der Waals surface area contributed by atoms with Crippen molar-refractivity contribution in [3.8, 4) is 0 Å². The molecule has 0 aliphatic carbocycles. The number of halogens is 1. The molecule has 0 bridgehead atoms. The second-order valence-electron chi connectivity index (χ2n) is 4.69. The van der Waals surface area contributed by atoms with Gasteiger partial charge in [0.1, 0.15) is 0 Å². The van der Waals surface area contributed by atoms with Gasteiger partial charge in [0.15, 0.2) is 0 Å². The monoisotopic (exact) mass is 282 g/mol. The molecule has 0 aromatic heterocycles. The topological polar surface area (TPSA) is 78.4 Å². The normalized spacial score (nSPS) is 22.2. The molecule has 2 rings (SSSR count). The summed E-state index contributed by atoms with van der Waals surface area (Å²) in [6, 6.07) is 3.97. The molecule has 1 saturated heterocycles. The van der Waals surface area contributed by atoms with E-state index in [0.717, 1.165) is 13.0 Å². The van der Waals surface area contributed by atoms with Crippen molar-refractivity contribution in [2.24, 2.45) is 5.92 Å². The van der Waals surface area contributed by atoms with Crippen LogP contribution in [0.5, 0.6) is 0 Å². The third kappa shape index (κ3) is 3.05. The third-order valence-electron chi connectivity index (χ3n) is 3.29. The smallest absolute Gasteiger partial charge is 0.335 e. The number of rotatable bonds is 3. The van der Waals surface area contributed by atoms with E-state index in [2.05, 4.69) is 10.6 Å². The summed E-state index contributed by atoms with van der Waals surface area (Å²) in [5.41, 5.74) is 0.416. The fourth-order valence-electron chi connectivity index (χ4n) is 2.15. The minimum Gasteiger partial charge on any atom is -0.478 e. The highest BCUT2D eigenvalue weighted by atomic mass is 35.5. The molecule has 1 aliphatic heterocycles. The summed E-state index contributed by atoms with van der Waals surface area (Å²) in [6.45, 7) is 2.81. The van der Waals surface area contributed by atoms with Gasteiger partial charge in [-0.05, 0) is 37.1 Å². The van der Waals surface area contributed by atoms with Gasteiger partial charge in [-0.3, -0.25) is 4.79 Å². The van der Waals surface area contributed by atoms with Crippen LogP contribution in [0.4, 0.5) is 5.69 Å². The van der Waals surface area contributed by atoms with E-state index >= 15 is 0 Å². The van der Waals surface area contributed by atoms with E-state index in [1.54, 1.807) is 0 Å². The Morgan fingerprint density at radius 2 is 2.21 bits per heavy atom. The third-order valence-corrected chi connectivity index (χ3v) is 3.62. The quantitative estimate of drug-likeness (QED) is 0.792. The molecule has 1 heterocycles. The first-order chi connectivity index (χ1) is 8.99. The Morgan fingerprint density at radius 3 is 2.79 bits per heavy atom. The number of amides is 1. The minimum atomic E-state index is -1.06. The predicted molar refractivity (Wildman–Crippen MR) is 72.6 cm³/mol. The summed E-state index contributed by atoms with van der Waals surface area (Å²) in [4.78, 5) is 23.0. The summed E-state index contributed by atoms with van der Waals surface area (Å²) in [6.07, 6.45) is 0.945. The number of hydrogen-bond acceptors (Lipinski definition) is 3. The van der Waals surface area contributed by atoms with E-state index in [1.807, 2.05) is 6.92 Å². The maximum absolute atomic E-state index is 12.1. The number of carboxylic acid groups (broad SMARTS) is 1. The van der Waals surface area contributed by atoms with Gasteiger partial charge in [-0.2, -0.15) is 0 Å². The van der Waals surface area contributed by atoms with Crippen LogP contribution < -0.4 is 10.6 Å². The Morgan fingerprint density at radius 1 is 1.47 bits per heavy atom. The van der Waals surface area contributed by atoms with Crippen LogP contribution in [0.2, 0.25) is 5.02 Å². The molecule has 102 valence electrons. The van der Waals surface area contributed by atoms with Crippen molar-refractivity contribution >= 4 is 29.2 Å². The minimum absolute atomic E-state index is 0.0899. The predicted octanol–water partition coefficient (Wildman–Crippen LogP) is 1.97. The molecule has 1 amide bonds.